The second-order valence-electron chi connectivity index (χ2n) is 8.72. The van der Waals surface area contributed by atoms with Gasteiger partial charge in [0.25, 0.3) is 0 Å². The molecule has 4 rings (SSSR count). The minimum Gasteiger partial charge on any atom is -0.508 e. The molecular weight excluding hydrogens is 274 g/mol. The van der Waals surface area contributed by atoms with Gasteiger partial charge in [0.05, 0.1) is 6.10 Å². The van der Waals surface area contributed by atoms with Crippen LogP contribution in [0.15, 0.2) is 24.0 Å². The summed E-state index contributed by atoms with van der Waals surface area (Å²) in [6.45, 7) is 4.64. The van der Waals surface area contributed by atoms with Gasteiger partial charge in [-0.25, -0.2) is 0 Å². The molecule has 122 valence electrons. The minimum atomic E-state index is -0.151. The van der Waals surface area contributed by atoms with Gasteiger partial charge in [-0.15, -0.1) is 0 Å². The van der Waals surface area contributed by atoms with Crippen molar-refractivity contribution in [2.75, 3.05) is 0 Å². The van der Waals surface area contributed by atoms with E-state index in [1.165, 1.54) is 0 Å². The maximum Gasteiger partial charge on any atom is 0.111 e. The van der Waals surface area contributed by atoms with Crippen LogP contribution in [-0.2, 0) is 0 Å². The first-order valence-corrected chi connectivity index (χ1v) is 8.90. The monoisotopic (exact) mass is 303 g/mol. The first-order valence-electron chi connectivity index (χ1n) is 8.90. The van der Waals surface area contributed by atoms with E-state index in [2.05, 4.69) is 19.9 Å². The molecular formula is C19H29NO2. The van der Waals surface area contributed by atoms with Crippen LogP contribution in [0.3, 0.4) is 0 Å². The van der Waals surface area contributed by atoms with Crippen molar-refractivity contribution in [2.45, 2.75) is 58.1 Å². The van der Waals surface area contributed by atoms with Crippen LogP contribution in [0.2, 0.25) is 0 Å². The van der Waals surface area contributed by atoms with Gasteiger partial charge in [-0.05, 0) is 78.8 Å². The highest BCUT2D eigenvalue weighted by Gasteiger charge is 2.60. The summed E-state index contributed by atoms with van der Waals surface area (Å²) in [5.74, 6) is 2.39. The van der Waals surface area contributed by atoms with E-state index in [-0.39, 0.29) is 23.0 Å². The SMILES string of the molecule is C[C@]12CC[C@H]3[C@@H]([C@@H](N)CC4C=C(O)C=C[C@@]43C)[C@@H]1CC[C@@H]2O. The fourth-order valence-corrected chi connectivity index (χ4v) is 6.49. The zero-order chi connectivity index (χ0) is 15.7. The Labute approximate surface area is 133 Å². The van der Waals surface area contributed by atoms with Gasteiger partial charge in [-0.2, -0.15) is 0 Å². The van der Waals surface area contributed by atoms with Crippen LogP contribution in [0.25, 0.3) is 0 Å². The molecule has 3 saturated carbocycles. The Bertz CT molecular complexity index is 542. The van der Waals surface area contributed by atoms with E-state index in [0.29, 0.717) is 29.4 Å². The molecule has 4 N–H and O–H groups in total. The van der Waals surface area contributed by atoms with Crippen molar-refractivity contribution < 1.29 is 10.2 Å². The molecule has 0 spiro atoms. The minimum absolute atomic E-state index is 0.0678. The Morgan fingerprint density at radius 1 is 1.18 bits per heavy atom. The first-order chi connectivity index (χ1) is 10.4. The van der Waals surface area contributed by atoms with Gasteiger partial charge in [0.1, 0.15) is 5.76 Å². The van der Waals surface area contributed by atoms with Crippen molar-refractivity contribution in [3.05, 3.63) is 24.0 Å². The molecule has 0 heterocycles. The number of hydrogen-bond acceptors (Lipinski definition) is 3. The van der Waals surface area contributed by atoms with E-state index in [4.69, 9.17) is 5.73 Å². The summed E-state index contributed by atoms with van der Waals surface area (Å²) < 4.78 is 0. The number of aliphatic hydroxyl groups excluding tert-OH is 2. The van der Waals surface area contributed by atoms with E-state index in [0.717, 1.165) is 32.1 Å². The van der Waals surface area contributed by atoms with E-state index < -0.39 is 0 Å². The number of fused-ring (bicyclic) bond motifs is 5. The quantitative estimate of drug-likeness (QED) is 0.644. The van der Waals surface area contributed by atoms with Crippen LogP contribution in [0, 0.1) is 34.5 Å². The van der Waals surface area contributed by atoms with Crippen molar-refractivity contribution in [1.82, 2.24) is 0 Å². The van der Waals surface area contributed by atoms with Crippen molar-refractivity contribution in [1.29, 1.82) is 0 Å². The van der Waals surface area contributed by atoms with E-state index >= 15 is 0 Å². The van der Waals surface area contributed by atoms with Gasteiger partial charge >= 0.3 is 0 Å². The van der Waals surface area contributed by atoms with Gasteiger partial charge in [-0.3, -0.25) is 0 Å². The van der Waals surface area contributed by atoms with E-state index in [9.17, 15) is 10.2 Å². The van der Waals surface area contributed by atoms with Crippen LogP contribution in [0.4, 0.5) is 0 Å². The van der Waals surface area contributed by atoms with E-state index in [1.807, 2.05) is 12.2 Å². The van der Waals surface area contributed by atoms with Crippen LogP contribution >= 0.6 is 0 Å². The lowest BCUT2D eigenvalue weighted by atomic mass is 9.46. The molecule has 0 saturated heterocycles. The van der Waals surface area contributed by atoms with Crippen molar-refractivity contribution >= 4 is 0 Å². The third-order valence-electron chi connectivity index (χ3n) is 7.89. The lowest BCUT2D eigenvalue weighted by Crippen LogP contribution is -2.59. The lowest BCUT2D eigenvalue weighted by molar-refractivity contribution is -0.0937. The fraction of sp³-hybridized carbons (Fsp3) is 0.789. The predicted molar refractivity (Wildman–Crippen MR) is 87.1 cm³/mol. The smallest absolute Gasteiger partial charge is 0.111 e. The van der Waals surface area contributed by atoms with Gasteiger partial charge in [0.2, 0.25) is 0 Å². The summed E-state index contributed by atoms with van der Waals surface area (Å²) in [4.78, 5) is 0. The Kier molecular flexibility index (Phi) is 3.09. The summed E-state index contributed by atoms with van der Waals surface area (Å²) in [6.07, 6.45) is 11.3. The molecule has 4 aliphatic rings. The predicted octanol–water partition coefficient (Wildman–Crippen LogP) is 3.16. The Hall–Kier alpha value is -0.800. The molecule has 0 radical (unpaired) electrons. The summed E-state index contributed by atoms with van der Waals surface area (Å²) >= 11 is 0. The van der Waals surface area contributed by atoms with Gasteiger partial charge in [0, 0.05) is 6.04 Å². The molecule has 0 aromatic rings. The normalized spacial score (nSPS) is 56.8. The van der Waals surface area contributed by atoms with Crippen molar-refractivity contribution in [2.24, 2.45) is 40.2 Å². The molecule has 8 atom stereocenters. The average molecular weight is 303 g/mol. The number of aliphatic hydroxyl groups is 2. The lowest BCUT2D eigenvalue weighted by Gasteiger charge is -2.59. The molecule has 0 aliphatic heterocycles. The van der Waals surface area contributed by atoms with Crippen LogP contribution in [0.5, 0.6) is 0 Å². The molecule has 3 fully saturated rings. The summed E-state index contributed by atoms with van der Waals surface area (Å²) in [5, 5.41) is 20.4. The summed E-state index contributed by atoms with van der Waals surface area (Å²) in [6, 6.07) is 0.188. The molecule has 3 heteroatoms. The fourth-order valence-electron chi connectivity index (χ4n) is 6.49. The van der Waals surface area contributed by atoms with Gasteiger partial charge in [0.15, 0.2) is 0 Å². The molecule has 22 heavy (non-hydrogen) atoms. The topological polar surface area (TPSA) is 66.5 Å². The summed E-state index contributed by atoms with van der Waals surface area (Å²) in [7, 11) is 0. The molecule has 0 bridgehead atoms. The molecule has 0 amide bonds. The van der Waals surface area contributed by atoms with Crippen LogP contribution in [-0.4, -0.2) is 22.4 Å². The maximum atomic E-state index is 10.5. The number of rotatable bonds is 0. The standard InChI is InChI=1S/C19H29NO2/c1-18-7-5-12(21)9-11(18)10-15(20)17-13-3-4-16(22)19(13,2)8-6-14(17)18/h5,7,9,11,13-17,21-22H,3-4,6,8,10,20H2,1-2H3/t11?,13-,14-,15-,16-,17-,18-,19-/m0/s1. The molecule has 1 unspecified atom stereocenters. The van der Waals surface area contributed by atoms with Gasteiger partial charge < -0.3 is 15.9 Å². The highest BCUT2D eigenvalue weighted by atomic mass is 16.3. The molecule has 4 aliphatic carbocycles. The highest BCUT2D eigenvalue weighted by Crippen LogP contribution is 2.64. The number of allylic oxidation sites excluding steroid dienone is 3. The third-order valence-corrected chi connectivity index (χ3v) is 7.89. The first kappa shape index (κ1) is 14.8. The third kappa shape index (κ3) is 1.75. The Morgan fingerprint density at radius 2 is 1.95 bits per heavy atom. The number of nitrogens with two attached hydrogens (primary N) is 1. The van der Waals surface area contributed by atoms with Crippen molar-refractivity contribution in [3.8, 4) is 0 Å². The summed E-state index contributed by atoms with van der Waals surface area (Å²) in [5.41, 5.74) is 6.82. The van der Waals surface area contributed by atoms with E-state index in [1.54, 1.807) is 0 Å². The highest BCUT2D eigenvalue weighted by molar-refractivity contribution is 5.28. The van der Waals surface area contributed by atoms with Crippen LogP contribution < -0.4 is 5.73 Å². The number of hydrogen-bond donors (Lipinski definition) is 3. The second-order valence-corrected chi connectivity index (χ2v) is 8.72. The molecule has 0 aromatic heterocycles. The average Bonchev–Trinajstić information content (AvgIpc) is 2.77. The second kappa shape index (κ2) is 4.61. The zero-order valence-corrected chi connectivity index (χ0v) is 13.7. The maximum absolute atomic E-state index is 10.5. The Balaban J connectivity index is 1.72. The van der Waals surface area contributed by atoms with Crippen LogP contribution in [0.1, 0.15) is 46.0 Å². The molecule has 0 aromatic carbocycles. The molecule has 3 nitrogen and oxygen atoms in total. The van der Waals surface area contributed by atoms with Gasteiger partial charge in [-0.1, -0.05) is 19.9 Å². The van der Waals surface area contributed by atoms with Crippen molar-refractivity contribution in [3.63, 3.8) is 0 Å². The zero-order valence-electron chi connectivity index (χ0n) is 13.7. The Morgan fingerprint density at radius 3 is 2.73 bits per heavy atom. The largest absolute Gasteiger partial charge is 0.508 e.